The van der Waals surface area contributed by atoms with E-state index in [0.29, 0.717) is 37.4 Å². The van der Waals surface area contributed by atoms with E-state index in [2.05, 4.69) is 9.80 Å². The van der Waals surface area contributed by atoms with Crippen molar-refractivity contribution in [1.82, 2.24) is 19.7 Å². The smallest absolute Gasteiger partial charge is 0.258 e. The van der Waals surface area contributed by atoms with Gasteiger partial charge in [-0.3, -0.25) is 14.5 Å². The number of carbonyl (C=O) groups excluding carboxylic acids is 2. The Bertz CT molecular complexity index is 1430. The highest BCUT2D eigenvalue weighted by Crippen LogP contribution is 2.45. The Morgan fingerprint density at radius 2 is 1.84 bits per heavy atom. The molecular weight excluding hydrogens is 478 g/mol. The van der Waals surface area contributed by atoms with Gasteiger partial charge in [-0.15, -0.1) is 0 Å². The summed E-state index contributed by atoms with van der Waals surface area (Å²) in [7, 11) is 3.53. The lowest BCUT2D eigenvalue weighted by Crippen LogP contribution is -2.49. The number of aromatic nitrogens is 1. The fraction of sp³-hybridized carbons (Fsp3) is 0.300. The van der Waals surface area contributed by atoms with Gasteiger partial charge in [0.15, 0.2) is 0 Å². The number of benzene rings is 2. The highest BCUT2D eigenvalue weighted by Gasteiger charge is 2.36. The average molecular weight is 510 g/mol. The summed E-state index contributed by atoms with van der Waals surface area (Å²) in [5, 5.41) is 0. The molecule has 8 nitrogen and oxygen atoms in total. The van der Waals surface area contributed by atoms with Gasteiger partial charge in [-0.2, -0.15) is 0 Å². The fourth-order valence-corrected chi connectivity index (χ4v) is 5.57. The number of fused-ring (bicyclic) bond motifs is 1. The minimum atomic E-state index is -0.00435. The molecule has 0 atom stereocenters. The summed E-state index contributed by atoms with van der Waals surface area (Å²) in [5.74, 6) is 0.882. The van der Waals surface area contributed by atoms with E-state index in [-0.39, 0.29) is 11.8 Å². The number of amides is 2. The zero-order chi connectivity index (χ0) is 26.2. The van der Waals surface area contributed by atoms with Gasteiger partial charge < -0.3 is 19.4 Å². The number of ether oxygens (including phenoxy) is 1. The van der Waals surface area contributed by atoms with Gasteiger partial charge in [0, 0.05) is 76.3 Å². The molecule has 8 heteroatoms. The maximum absolute atomic E-state index is 13.4. The molecule has 4 heterocycles. The van der Waals surface area contributed by atoms with Crippen LogP contribution in [0.5, 0.6) is 0 Å². The lowest BCUT2D eigenvalue weighted by Gasteiger charge is -2.34. The number of pyridine rings is 1. The van der Waals surface area contributed by atoms with E-state index in [1.165, 1.54) is 0 Å². The molecule has 3 aromatic rings. The largest absolute Gasteiger partial charge is 0.383 e. The summed E-state index contributed by atoms with van der Waals surface area (Å²) in [6, 6.07) is 17.7. The third-order valence-electron chi connectivity index (χ3n) is 7.64. The first-order chi connectivity index (χ1) is 18.5. The molecule has 2 amide bonds. The van der Waals surface area contributed by atoms with Gasteiger partial charge in [0.1, 0.15) is 5.82 Å². The summed E-state index contributed by atoms with van der Waals surface area (Å²) in [6.45, 7) is 5.24. The van der Waals surface area contributed by atoms with Crippen LogP contribution in [0.2, 0.25) is 0 Å². The maximum Gasteiger partial charge on any atom is 0.258 e. The van der Waals surface area contributed by atoms with E-state index in [1.54, 1.807) is 18.2 Å². The van der Waals surface area contributed by atoms with Crippen LogP contribution in [0.3, 0.4) is 0 Å². The van der Waals surface area contributed by atoms with Crippen LogP contribution >= 0.6 is 0 Å². The summed E-state index contributed by atoms with van der Waals surface area (Å²) < 4.78 is 5.19. The molecular formula is C30H31N5O3. The second-order valence-corrected chi connectivity index (χ2v) is 9.92. The molecule has 3 aliphatic rings. The van der Waals surface area contributed by atoms with Crippen molar-refractivity contribution >= 4 is 35.1 Å². The Morgan fingerprint density at radius 1 is 1.03 bits per heavy atom. The molecule has 1 fully saturated rings. The number of hydrogen-bond donors (Lipinski definition) is 0. The normalized spacial score (nSPS) is 16.7. The second kappa shape index (κ2) is 10.0. The van der Waals surface area contributed by atoms with E-state index < -0.39 is 0 Å². The molecule has 0 unspecified atom stereocenters. The molecule has 0 bridgehead atoms. The van der Waals surface area contributed by atoms with Gasteiger partial charge in [0.2, 0.25) is 0 Å². The number of hydrogen-bond acceptors (Lipinski definition) is 6. The lowest BCUT2D eigenvalue weighted by molar-refractivity contribution is 0.0594. The van der Waals surface area contributed by atoms with Crippen LogP contribution in [0.25, 0.3) is 11.8 Å². The van der Waals surface area contributed by atoms with Crippen molar-refractivity contribution in [1.29, 1.82) is 0 Å². The van der Waals surface area contributed by atoms with Crippen molar-refractivity contribution in [2.45, 2.75) is 6.54 Å². The van der Waals surface area contributed by atoms with Crippen molar-refractivity contribution in [3.05, 3.63) is 88.6 Å². The molecule has 38 heavy (non-hydrogen) atoms. The number of nitrogens with zero attached hydrogens (tertiary/aromatic N) is 5. The van der Waals surface area contributed by atoms with Gasteiger partial charge in [-0.05, 0) is 48.0 Å². The summed E-state index contributed by atoms with van der Waals surface area (Å²) >= 11 is 0. The van der Waals surface area contributed by atoms with E-state index in [4.69, 9.17) is 9.72 Å². The number of piperazine rings is 1. The molecule has 6 rings (SSSR count). The minimum Gasteiger partial charge on any atom is -0.383 e. The monoisotopic (exact) mass is 509 g/mol. The third-order valence-corrected chi connectivity index (χ3v) is 7.64. The van der Waals surface area contributed by atoms with Crippen molar-refractivity contribution in [3.63, 3.8) is 0 Å². The second-order valence-electron chi connectivity index (χ2n) is 9.92. The Morgan fingerprint density at radius 3 is 2.66 bits per heavy atom. The van der Waals surface area contributed by atoms with Gasteiger partial charge >= 0.3 is 0 Å². The third kappa shape index (κ3) is 4.25. The van der Waals surface area contributed by atoms with Crippen LogP contribution in [0.15, 0.2) is 60.8 Å². The Balaban J connectivity index is 1.29. The molecule has 0 saturated carbocycles. The van der Waals surface area contributed by atoms with Crippen LogP contribution in [0, 0.1) is 0 Å². The molecule has 0 aliphatic carbocycles. The minimum absolute atomic E-state index is 0.00435. The zero-order valence-corrected chi connectivity index (χ0v) is 21.8. The topological polar surface area (TPSA) is 69.2 Å². The van der Waals surface area contributed by atoms with Crippen LogP contribution < -0.4 is 4.90 Å². The lowest BCUT2D eigenvalue weighted by atomic mass is 10.0. The first-order valence-electron chi connectivity index (χ1n) is 13.0. The van der Waals surface area contributed by atoms with E-state index in [1.807, 2.05) is 72.6 Å². The predicted octanol–water partition coefficient (Wildman–Crippen LogP) is 3.72. The van der Waals surface area contributed by atoms with E-state index in [9.17, 15) is 9.59 Å². The number of anilines is 2. The van der Waals surface area contributed by atoms with Crippen molar-refractivity contribution in [3.8, 4) is 0 Å². The molecule has 3 aliphatic heterocycles. The summed E-state index contributed by atoms with van der Waals surface area (Å²) in [4.78, 5) is 39.2. The van der Waals surface area contributed by atoms with Gasteiger partial charge in [-0.25, -0.2) is 4.98 Å². The summed E-state index contributed by atoms with van der Waals surface area (Å²) in [6.07, 6.45) is 3.84. The predicted molar refractivity (Wildman–Crippen MR) is 147 cm³/mol. The van der Waals surface area contributed by atoms with Crippen molar-refractivity contribution < 1.29 is 14.3 Å². The van der Waals surface area contributed by atoms with Crippen LogP contribution in [0.4, 0.5) is 11.5 Å². The van der Waals surface area contributed by atoms with Crippen molar-refractivity contribution in [2.24, 2.45) is 0 Å². The Hall–Kier alpha value is -4.01. The SMILES string of the molecule is COCCN1CCN(C(=O)c2cccc(CN3c4cccc5c4C(=Cc4cccnc43)N(C)C5=O)c2)CC1. The standard InChI is InChI=1S/C30H31N5O3/c1-32-26-19-22-8-5-11-31-28(22)35(25-10-4-9-24(27(25)26)30(32)37)20-21-6-3-7-23(18-21)29(36)34-14-12-33(13-15-34)16-17-38-2/h3-11,18-19H,12-17,20H2,1-2H3. The molecule has 1 aromatic heterocycles. The number of methoxy groups -OCH3 is 1. The van der Waals surface area contributed by atoms with Crippen LogP contribution in [0.1, 0.15) is 37.4 Å². The molecule has 0 N–H and O–H groups in total. The van der Waals surface area contributed by atoms with Crippen LogP contribution in [-0.4, -0.2) is 85.0 Å². The van der Waals surface area contributed by atoms with Gasteiger partial charge in [0.05, 0.1) is 23.6 Å². The fourth-order valence-electron chi connectivity index (χ4n) is 5.57. The highest BCUT2D eigenvalue weighted by molar-refractivity contribution is 6.15. The molecule has 0 radical (unpaired) electrons. The Kier molecular flexibility index (Phi) is 6.43. The first kappa shape index (κ1) is 24.3. The van der Waals surface area contributed by atoms with Crippen LogP contribution in [-0.2, 0) is 11.3 Å². The summed E-state index contributed by atoms with van der Waals surface area (Å²) in [5.41, 5.74) is 6.09. The Labute approximate surface area is 222 Å². The van der Waals surface area contributed by atoms with E-state index in [0.717, 1.165) is 53.5 Å². The number of carbonyl (C=O) groups is 2. The molecule has 1 saturated heterocycles. The quantitative estimate of drug-likeness (QED) is 0.505. The highest BCUT2D eigenvalue weighted by atomic mass is 16.5. The van der Waals surface area contributed by atoms with E-state index >= 15 is 0 Å². The molecule has 2 aromatic carbocycles. The average Bonchev–Trinajstić information content (AvgIpc) is 3.11. The maximum atomic E-state index is 13.4. The first-order valence-corrected chi connectivity index (χ1v) is 13.0. The van der Waals surface area contributed by atoms with Gasteiger partial charge in [-0.1, -0.05) is 18.2 Å². The molecule has 194 valence electrons. The number of rotatable bonds is 6. The zero-order valence-electron chi connectivity index (χ0n) is 21.8. The molecule has 0 spiro atoms. The van der Waals surface area contributed by atoms with Gasteiger partial charge in [0.25, 0.3) is 11.8 Å². The van der Waals surface area contributed by atoms with Crippen molar-refractivity contribution in [2.75, 3.05) is 58.4 Å².